The molecule has 2 heteroatoms. The van der Waals surface area contributed by atoms with Crippen LogP contribution in [0.2, 0.25) is 0 Å². The second-order valence-corrected chi connectivity index (χ2v) is 5.45. The van der Waals surface area contributed by atoms with Gasteiger partial charge in [0.1, 0.15) is 5.76 Å². The van der Waals surface area contributed by atoms with E-state index in [0.29, 0.717) is 23.5 Å². The molecule has 0 aromatic carbocycles. The number of allylic oxidation sites excluding steroid dienone is 4. The smallest absolute Gasteiger partial charge is 0.163 e. The number of ether oxygens (including phenoxy) is 1. The maximum Gasteiger partial charge on any atom is 0.163 e. The molecule has 3 aliphatic carbocycles. The van der Waals surface area contributed by atoms with Crippen molar-refractivity contribution in [1.82, 2.24) is 0 Å². The molecule has 0 aromatic rings. The summed E-state index contributed by atoms with van der Waals surface area (Å²) in [5, 5.41) is 0. The van der Waals surface area contributed by atoms with E-state index in [-0.39, 0.29) is 5.92 Å². The van der Waals surface area contributed by atoms with Crippen molar-refractivity contribution in [2.75, 3.05) is 7.11 Å². The van der Waals surface area contributed by atoms with Crippen molar-refractivity contribution in [3.8, 4) is 0 Å². The first-order valence-electron chi connectivity index (χ1n) is 6.12. The molecule has 2 bridgehead atoms. The number of ketones is 1. The van der Waals surface area contributed by atoms with E-state index in [4.69, 9.17) is 4.74 Å². The third-order valence-corrected chi connectivity index (χ3v) is 4.60. The summed E-state index contributed by atoms with van der Waals surface area (Å²) in [5.41, 5.74) is 2.98. The van der Waals surface area contributed by atoms with Crippen LogP contribution in [0.5, 0.6) is 0 Å². The number of carbonyl (C=O) groups excluding carboxylic acids is 1. The van der Waals surface area contributed by atoms with E-state index in [0.717, 1.165) is 5.76 Å². The first-order chi connectivity index (χ1) is 7.65. The van der Waals surface area contributed by atoms with Crippen LogP contribution >= 0.6 is 0 Å². The maximum atomic E-state index is 12.0. The van der Waals surface area contributed by atoms with E-state index < -0.39 is 0 Å². The van der Waals surface area contributed by atoms with Gasteiger partial charge in [0.25, 0.3) is 0 Å². The number of methoxy groups -OCH3 is 1. The molecule has 3 rings (SSSR count). The minimum Gasteiger partial charge on any atom is -0.501 e. The largest absolute Gasteiger partial charge is 0.501 e. The number of carbonyl (C=O) groups is 1. The predicted molar refractivity (Wildman–Crippen MR) is 61.7 cm³/mol. The van der Waals surface area contributed by atoms with E-state index in [1.807, 2.05) is 0 Å². The van der Waals surface area contributed by atoms with Gasteiger partial charge in [0.05, 0.1) is 7.11 Å². The Kier molecular flexibility index (Phi) is 2.04. The lowest BCUT2D eigenvalue weighted by atomic mass is 9.80. The molecule has 2 saturated carbocycles. The summed E-state index contributed by atoms with van der Waals surface area (Å²) in [6.45, 7) is 4.37. The number of fused-ring (bicyclic) bond motifs is 5. The maximum absolute atomic E-state index is 12.0. The second kappa shape index (κ2) is 3.22. The Morgan fingerprint density at radius 3 is 2.44 bits per heavy atom. The number of hydrogen-bond acceptors (Lipinski definition) is 2. The van der Waals surface area contributed by atoms with Crippen molar-refractivity contribution < 1.29 is 9.53 Å². The average molecular weight is 218 g/mol. The molecule has 0 heterocycles. The first kappa shape index (κ1) is 10.1. The van der Waals surface area contributed by atoms with Crippen molar-refractivity contribution in [2.45, 2.75) is 26.7 Å². The quantitative estimate of drug-likeness (QED) is 0.632. The minimum absolute atomic E-state index is 0.207. The summed E-state index contributed by atoms with van der Waals surface area (Å²) in [7, 11) is 1.69. The fourth-order valence-corrected chi connectivity index (χ4v) is 4.21. The summed E-state index contributed by atoms with van der Waals surface area (Å²) in [5.74, 6) is 2.89. The number of hydrogen-bond donors (Lipinski definition) is 0. The highest BCUT2D eigenvalue weighted by Crippen LogP contribution is 2.61. The molecule has 86 valence electrons. The Morgan fingerprint density at radius 2 is 1.88 bits per heavy atom. The van der Waals surface area contributed by atoms with Gasteiger partial charge >= 0.3 is 0 Å². The molecule has 0 saturated heterocycles. The van der Waals surface area contributed by atoms with Gasteiger partial charge in [0.15, 0.2) is 5.78 Å². The third kappa shape index (κ3) is 1.05. The Bertz CT molecular complexity index is 412. The molecule has 0 spiro atoms. The molecule has 2 fully saturated rings. The zero-order valence-corrected chi connectivity index (χ0v) is 10.1. The van der Waals surface area contributed by atoms with E-state index in [2.05, 4.69) is 13.8 Å². The highest BCUT2D eigenvalue weighted by Gasteiger charge is 2.58. The van der Waals surface area contributed by atoms with Crippen LogP contribution in [0, 0.1) is 23.7 Å². The predicted octanol–water partition coefficient (Wildman–Crippen LogP) is 2.71. The van der Waals surface area contributed by atoms with Crippen molar-refractivity contribution in [2.24, 2.45) is 23.7 Å². The van der Waals surface area contributed by atoms with Crippen molar-refractivity contribution in [3.05, 3.63) is 23.0 Å². The summed E-state index contributed by atoms with van der Waals surface area (Å²) in [4.78, 5) is 12.0. The lowest BCUT2D eigenvalue weighted by molar-refractivity contribution is -0.119. The SMILES string of the molecule is COC1=CC(=O)C2C3CCC(C3=C(C)C)C12. The summed E-state index contributed by atoms with van der Waals surface area (Å²) in [6.07, 6.45) is 4.17. The molecule has 3 aliphatic rings. The fraction of sp³-hybridized carbons (Fsp3) is 0.643. The van der Waals surface area contributed by atoms with Gasteiger partial charge in [-0.05, 0) is 38.5 Å². The molecule has 0 aromatic heterocycles. The molecular formula is C14H18O2. The summed E-state index contributed by atoms with van der Waals surface area (Å²) >= 11 is 0. The number of rotatable bonds is 1. The van der Waals surface area contributed by atoms with Gasteiger partial charge in [0, 0.05) is 17.9 Å². The van der Waals surface area contributed by atoms with E-state index in [9.17, 15) is 4.79 Å². The van der Waals surface area contributed by atoms with Gasteiger partial charge in [-0.1, -0.05) is 11.1 Å². The van der Waals surface area contributed by atoms with Crippen LogP contribution in [0.4, 0.5) is 0 Å². The molecule has 0 aliphatic heterocycles. The molecule has 4 atom stereocenters. The van der Waals surface area contributed by atoms with Gasteiger partial charge in [-0.15, -0.1) is 0 Å². The Balaban J connectivity index is 2.07. The normalized spacial score (nSPS) is 40.1. The van der Waals surface area contributed by atoms with Gasteiger partial charge in [-0.3, -0.25) is 4.79 Å². The zero-order valence-electron chi connectivity index (χ0n) is 10.1. The first-order valence-corrected chi connectivity index (χ1v) is 6.12. The van der Waals surface area contributed by atoms with Gasteiger partial charge in [-0.25, -0.2) is 0 Å². The molecule has 16 heavy (non-hydrogen) atoms. The van der Waals surface area contributed by atoms with Crippen molar-refractivity contribution in [3.63, 3.8) is 0 Å². The molecule has 0 N–H and O–H groups in total. The molecule has 0 amide bonds. The molecule has 4 unspecified atom stereocenters. The Labute approximate surface area is 96.4 Å². The highest BCUT2D eigenvalue weighted by molar-refractivity contribution is 5.96. The van der Waals surface area contributed by atoms with Gasteiger partial charge in [-0.2, -0.15) is 0 Å². The van der Waals surface area contributed by atoms with Crippen LogP contribution in [0.15, 0.2) is 23.0 Å². The lowest BCUT2D eigenvalue weighted by Crippen LogP contribution is -2.24. The molecular weight excluding hydrogens is 200 g/mol. The zero-order chi connectivity index (χ0) is 11.4. The van der Waals surface area contributed by atoms with Crippen LogP contribution in [-0.2, 0) is 9.53 Å². The van der Waals surface area contributed by atoms with Crippen LogP contribution in [-0.4, -0.2) is 12.9 Å². The highest BCUT2D eigenvalue weighted by atomic mass is 16.5. The average Bonchev–Trinajstić information content (AvgIpc) is 2.87. The van der Waals surface area contributed by atoms with Gasteiger partial charge < -0.3 is 4.74 Å². The van der Waals surface area contributed by atoms with Crippen molar-refractivity contribution in [1.29, 1.82) is 0 Å². The monoisotopic (exact) mass is 218 g/mol. The topological polar surface area (TPSA) is 26.3 Å². The van der Waals surface area contributed by atoms with Crippen molar-refractivity contribution >= 4 is 5.78 Å². The van der Waals surface area contributed by atoms with E-state index >= 15 is 0 Å². The van der Waals surface area contributed by atoms with Crippen LogP contribution in [0.1, 0.15) is 26.7 Å². The molecule has 0 radical (unpaired) electrons. The molecule has 2 nitrogen and oxygen atoms in total. The summed E-state index contributed by atoms with van der Waals surface area (Å²) < 4.78 is 5.39. The third-order valence-electron chi connectivity index (χ3n) is 4.60. The Morgan fingerprint density at radius 1 is 1.25 bits per heavy atom. The Hall–Kier alpha value is -1.05. The fourth-order valence-electron chi connectivity index (χ4n) is 4.21. The van der Waals surface area contributed by atoms with Gasteiger partial charge in [0.2, 0.25) is 0 Å². The second-order valence-electron chi connectivity index (χ2n) is 5.45. The van der Waals surface area contributed by atoms with E-state index in [1.54, 1.807) is 18.8 Å². The standard InChI is InChI=1S/C14H18O2/c1-7(2)12-8-4-5-9(12)14-11(16-3)6-10(15)13(8)14/h6,8-9,13-14H,4-5H2,1-3H3. The summed E-state index contributed by atoms with van der Waals surface area (Å²) in [6, 6.07) is 0. The lowest BCUT2D eigenvalue weighted by Gasteiger charge is -2.24. The van der Waals surface area contributed by atoms with Crippen LogP contribution in [0.25, 0.3) is 0 Å². The van der Waals surface area contributed by atoms with E-state index in [1.165, 1.54) is 18.4 Å². The van der Waals surface area contributed by atoms with Crippen LogP contribution in [0.3, 0.4) is 0 Å². The minimum atomic E-state index is 0.207. The van der Waals surface area contributed by atoms with Crippen LogP contribution < -0.4 is 0 Å².